The summed E-state index contributed by atoms with van der Waals surface area (Å²) < 4.78 is 40.3. The average Bonchev–Trinajstić information content (AvgIpc) is 2.69. The van der Waals surface area contributed by atoms with E-state index in [2.05, 4.69) is 0 Å². The van der Waals surface area contributed by atoms with Gasteiger partial charge in [0, 0.05) is 6.54 Å². The van der Waals surface area contributed by atoms with Crippen molar-refractivity contribution in [3.63, 3.8) is 0 Å². The minimum absolute atomic E-state index is 0.121. The van der Waals surface area contributed by atoms with Gasteiger partial charge in [-0.05, 0) is 49.4 Å². The smallest absolute Gasteiger partial charge is 0.243 e. The molecule has 20 heavy (non-hydrogen) atoms. The van der Waals surface area contributed by atoms with Gasteiger partial charge in [0.25, 0.3) is 0 Å². The van der Waals surface area contributed by atoms with Gasteiger partial charge in [0.05, 0.1) is 17.5 Å². The normalized spacial score (nSPS) is 24.2. The van der Waals surface area contributed by atoms with Gasteiger partial charge in [-0.2, -0.15) is 4.31 Å². The summed E-state index contributed by atoms with van der Waals surface area (Å²) in [5, 5.41) is 9.43. The van der Waals surface area contributed by atoms with Crippen LogP contribution in [0.4, 0.5) is 4.39 Å². The first-order chi connectivity index (χ1) is 9.28. The maximum Gasteiger partial charge on any atom is 0.243 e. The highest BCUT2D eigenvalue weighted by Gasteiger charge is 2.40. The van der Waals surface area contributed by atoms with Crippen molar-refractivity contribution >= 4 is 10.0 Å². The Morgan fingerprint density at radius 2 is 1.90 bits per heavy atom. The summed E-state index contributed by atoms with van der Waals surface area (Å²) in [6, 6.07) is 2.06. The average molecular weight is 301 g/mol. The molecule has 1 aliphatic heterocycles. The first kappa shape index (κ1) is 15.4. The molecule has 1 heterocycles. The van der Waals surface area contributed by atoms with Gasteiger partial charge in [-0.1, -0.05) is 6.92 Å². The molecule has 0 spiro atoms. The highest BCUT2D eigenvalue weighted by molar-refractivity contribution is 7.89. The Morgan fingerprint density at radius 3 is 2.40 bits per heavy atom. The second kappa shape index (κ2) is 5.42. The third-order valence-corrected chi connectivity index (χ3v) is 6.24. The molecule has 1 aromatic rings. The van der Waals surface area contributed by atoms with E-state index in [1.807, 2.05) is 6.92 Å². The molecule has 0 radical (unpaired) electrons. The second-order valence-electron chi connectivity index (χ2n) is 5.50. The first-order valence-electron chi connectivity index (χ1n) is 6.68. The second-order valence-corrected chi connectivity index (χ2v) is 7.33. The summed E-state index contributed by atoms with van der Waals surface area (Å²) in [5.41, 5.74) is 0.803. The number of halogens is 1. The zero-order valence-electron chi connectivity index (χ0n) is 11.9. The minimum atomic E-state index is -3.70. The van der Waals surface area contributed by atoms with Crippen molar-refractivity contribution in [2.24, 2.45) is 5.92 Å². The predicted molar refractivity (Wildman–Crippen MR) is 74.4 cm³/mol. The molecule has 1 N–H and O–H groups in total. The van der Waals surface area contributed by atoms with E-state index in [0.29, 0.717) is 17.7 Å². The van der Waals surface area contributed by atoms with Crippen LogP contribution in [0.2, 0.25) is 0 Å². The van der Waals surface area contributed by atoms with Gasteiger partial charge in [-0.3, -0.25) is 0 Å². The highest BCUT2D eigenvalue weighted by atomic mass is 32.2. The molecule has 1 saturated heterocycles. The highest BCUT2D eigenvalue weighted by Crippen LogP contribution is 2.32. The number of benzene rings is 1. The number of nitrogens with zero attached hydrogens (tertiary/aromatic N) is 1. The van der Waals surface area contributed by atoms with Crippen molar-refractivity contribution in [1.29, 1.82) is 0 Å². The number of rotatable bonds is 3. The summed E-state index contributed by atoms with van der Waals surface area (Å²) >= 11 is 0. The van der Waals surface area contributed by atoms with Gasteiger partial charge in [0.15, 0.2) is 0 Å². The Kier molecular flexibility index (Phi) is 4.18. The fraction of sp³-hybridized carbons (Fsp3) is 0.571. The van der Waals surface area contributed by atoms with Crippen LogP contribution in [0.5, 0.6) is 0 Å². The lowest BCUT2D eigenvalue weighted by Crippen LogP contribution is -2.40. The summed E-state index contributed by atoms with van der Waals surface area (Å²) in [4.78, 5) is 0.159. The lowest BCUT2D eigenvalue weighted by Gasteiger charge is -2.26. The molecule has 0 aliphatic carbocycles. The molecule has 6 heteroatoms. The molecule has 1 fully saturated rings. The van der Waals surface area contributed by atoms with Crippen LogP contribution in [0.3, 0.4) is 0 Å². The minimum Gasteiger partial charge on any atom is -0.395 e. The van der Waals surface area contributed by atoms with E-state index in [1.54, 1.807) is 13.8 Å². The fourth-order valence-corrected chi connectivity index (χ4v) is 5.11. The molecule has 2 rings (SSSR count). The van der Waals surface area contributed by atoms with E-state index in [1.165, 1.54) is 16.4 Å². The third-order valence-electron chi connectivity index (χ3n) is 4.01. The van der Waals surface area contributed by atoms with Gasteiger partial charge < -0.3 is 5.11 Å². The Hall–Kier alpha value is -0.980. The topological polar surface area (TPSA) is 57.6 Å². The summed E-state index contributed by atoms with van der Waals surface area (Å²) in [7, 11) is -3.70. The Bertz CT molecular complexity index is 592. The zero-order chi connectivity index (χ0) is 15.1. The van der Waals surface area contributed by atoms with Gasteiger partial charge in [-0.15, -0.1) is 0 Å². The standard InChI is InChI=1S/C14H20FNO3S/c1-9-4-5-16(13(9)8-17)20(18,19)14-10(2)6-12(15)7-11(14)3/h6-7,9,13,17H,4-5,8H2,1-3H3. The molecule has 4 nitrogen and oxygen atoms in total. The van der Waals surface area contributed by atoms with Gasteiger partial charge in [0.2, 0.25) is 10.0 Å². The summed E-state index contributed by atoms with van der Waals surface area (Å²) in [6.45, 7) is 5.32. The summed E-state index contributed by atoms with van der Waals surface area (Å²) in [6.07, 6.45) is 0.726. The van der Waals surface area contributed by atoms with E-state index < -0.39 is 21.9 Å². The molecular weight excluding hydrogens is 281 g/mol. The molecule has 0 aromatic heterocycles. The third kappa shape index (κ3) is 2.47. The molecular formula is C14H20FNO3S. The molecule has 1 aromatic carbocycles. The Balaban J connectivity index is 2.51. The van der Waals surface area contributed by atoms with Crippen LogP contribution in [0.1, 0.15) is 24.5 Å². The monoisotopic (exact) mass is 301 g/mol. The molecule has 0 bridgehead atoms. The van der Waals surface area contributed by atoms with Gasteiger partial charge in [-0.25, -0.2) is 12.8 Å². The fourth-order valence-electron chi connectivity index (χ4n) is 2.96. The Labute approximate surface area is 119 Å². The largest absolute Gasteiger partial charge is 0.395 e. The van der Waals surface area contributed by atoms with E-state index in [0.717, 1.165) is 6.42 Å². The van der Waals surface area contributed by atoms with Crippen LogP contribution in [-0.4, -0.2) is 37.0 Å². The molecule has 2 atom stereocenters. The molecule has 1 aliphatic rings. The van der Waals surface area contributed by atoms with Crippen LogP contribution in [0, 0.1) is 25.6 Å². The van der Waals surface area contributed by atoms with Crippen LogP contribution < -0.4 is 0 Å². The van der Waals surface area contributed by atoms with Crippen LogP contribution in [0.15, 0.2) is 17.0 Å². The maximum atomic E-state index is 13.3. The van der Waals surface area contributed by atoms with Crippen LogP contribution in [-0.2, 0) is 10.0 Å². The number of sulfonamides is 1. The molecule has 0 amide bonds. The van der Waals surface area contributed by atoms with Crippen LogP contribution >= 0.6 is 0 Å². The van der Waals surface area contributed by atoms with E-state index >= 15 is 0 Å². The SMILES string of the molecule is Cc1cc(F)cc(C)c1S(=O)(=O)N1CCC(C)C1CO. The van der Waals surface area contributed by atoms with Gasteiger partial charge >= 0.3 is 0 Å². The predicted octanol–water partition coefficient (Wildman–Crippen LogP) is 1.83. The van der Waals surface area contributed by atoms with E-state index in [9.17, 15) is 17.9 Å². The molecule has 2 unspecified atom stereocenters. The Morgan fingerprint density at radius 1 is 1.35 bits per heavy atom. The number of aryl methyl sites for hydroxylation is 2. The van der Waals surface area contributed by atoms with Crippen molar-refractivity contribution in [3.8, 4) is 0 Å². The lowest BCUT2D eigenvalue weighted by molar-refractivity contribution is 0.191. The summed E-state index contributed by atoms with van der Waals surface area (Å²) in [5.74, 6) is -0.316. The number of aliphatic hydroxyl groups excluding tert-OH is 1. The van der Waals surface area contributed by atoms with Crippen molar-refractivity contribution < 1.29 is 17.9 Å². The number of hydrogen-bond donors (Lipinski definition) is 1. The van der Waals surface area contributed by atoms with Crippen molar-refractivity contribution in [2.75, 3.05) is 13.2 Å². The number of hydrogen-bond acceptors (Lipinski definition) is 3. The molecule has 112 valence electrons. The van der Waals surface area contributed by atoms with Crippen molar-refractivity contribution in [2.45, 2.75) is 38.1 Å². The van der Waals surface area contributed by atoms with Gasteiger partial charge in [0.1, 0.15) is 5.82 Å². The maximum absolute atomic E-state index is 13.3. The van der Waals surface area contributed by atoms with E-state index in [-0.39, 0.29) is 17.4 Å². The first-order valence-corrected chi connectivity index (χ1v) is 8.12. The van der Waals surface area contributed by atoms with Crippen molar-refractivity contribution in [3.05, 3.63) is 29.1 Å². The number of aliphatic hydroxyl groups is 1. The zero-order valence-corrected chi connectivity index (χ0v) is 12.7. The van der Waals surface area contributed by atoms with Crippen LogP contribution in [0.25, 0.3) is 0 Å². The van der Waals surface area contributed by atoms with E-state index in [4.69, 9.17) is 0 Å². The lowest BCUT2D eigenvalue weighted by atomic mass is 10.0. The van der Waals surface area contributed by atoms with Crippen molar-refractivity contribution in [1.82, 2.24) is 4.31 Å². The quantitative estimate of drug-likeness (QED) is 0.926. The molecule has 0 saturated carbocycles.